The predicted molar refractivity (Wildman–Crippen MR) is 93.4 cm³/mol. The molecule has 1 aliphatic rings. The highest BCUT2D eigenvalue weighted by Gasteiger charge is 2.28. The van der Waals surface area contributed by atoms with Gasteiger partial charge in [0.05, 0.1) is 4.90 Å². The second kappa shape index (κ2) is 8.10. The molecule has 0 aromatic heterocycles. The molecule has 3 N–H and O–H groups in total. The summed E-state index contributed by atoms with van der Waals surface area (Å²) in [7, 11) is -3.53. The summed E-state index contributed by atoms with van der Waals surface area (Å²) in [4.78, 5) is 11.2. The van der Waals surface area contributed by atoms with Crippen LogP contribution in [0.4, 0.5) is 5.69 Å². The molecule has 1 aliphatic heterocycles. The van der Waals surface area contributed by atoms with Crippen molar-refractivity contribution in [2.45, 2.75) is 31.6 Å². The molecule has 0 atom stereocenters. The van der Waals surface area contributed by atoms with Gasteiger partial charge >= 0.3 is 0 Å². The van der Waals surface area contributed by atoms with Crippen LogP contribution in [-0.2, 0) is 14.8 Å². The van der Waals surface area contributed by atoms with E-state index in [9.17, 15) is 13.2 Å². The Labute approximate surface area is 143 Å². The van der Waals surface area contributed by atoms with Gasteiger partial charge in [-0.3, -0.25) is 4.79 Å². The molecule has 1 amide bonds. The third-order valence-corrected chi connectivity index (χ3v) is 5.40. The molecule has 2 rings (SSSR count). The number of carbonyl (C=O) groups excluding carboxylic acids is 1. The number of hydrogen-bond donors (Lipinski definition) is 3. The monoisotopic (exact) mass is 361 g/mol. The lowest BCUT2D eigenvalue weighted by molar-refractivity contribution is -0.114. The van der Waals surface area contributed by atoms with Crippen molar-refractivity contribution < 1.29 is 13.2 Å². The van der Waals surface area contributed by atoms with E-state index < -0.39 is 10.0 Å². The van der Waals surface area contributed by atoms with Crippen molar-refractivity contribution in [3.63, 3.8) is 0 Å². The highest BCUT2D eigenvalue weighted by Crippen LogP contribution is 2.27. The predicted octanol–water partition coefficient (Wildman–Crippen LogP) is 1.73. The fourth-order valence-corrected chi connectivity index (χ4v) is 3.68. The molecule has 1 saturated heterocycles. The molecule has 0 radical (unpaired) electrons. The van der Waals surface area contributed by atoms with Gasteiger partial charge in [-0.05, 0) is 55.6 Å². The van der Waals surface area contributed by atoms with E-state index in [1.807, 2.05) is 0 Å². The Morgan fingerprint density at radius 2 is 1.78 bits per heavy atom. The van der Waals surface area contributed by atoms with E-state index in [2.05, 4.69) is 22.3 Å². The van der Waals surface area contributed by atoms with Crippen LogP contribution in [0.1, 0.15) is 26.7 Å². The van der Waals surface area contributed by atoms with E-state index in [0.717, 1.165) is 25.9 Å². The van der Waals surface area contributed by atoms with Gasteiger partial charge in [-0.25, -0.2) is 13.1 Å². The Morgan fingerprint density at radius 3 is 2.30 bits per heavy atom. The van der Waals surface area contributed by atoms with Crippen molar-refractivity contribution in [1.82, 2.24) is 10.0 Å². The van der Waals surface area contributed by atoms with Crippen LogP contribution in [0, 0.1) is 5.41 Å². The van der Waals surface area contributed by atoms with Gasteiger partial charge in [0, 0.05) is 19.2 Å². The Hall–Kier alpha value is -1.15. The van der Waals surface area contributed by atoms with Gasteiger partial charge in [0.1, 0.15) is 0 Å². The molecule has 0 saturated carbocycles. The van der Waals surface area contributed by atoms with Crippen LogP contribution in [0.5, 0.6) is 0 Å². The van der Waals surface area contributed by atoms with Crippen LogP contribution < -0.4 is 15.4 Å². The maximum atomic E-state index is 12.3. The van der Waals surface area contributed by atoms with Gasteiger partial charge in [-0.15, -0.1) is 12.4 Å². The van der Waals surface area contributed by atoms with Crippen LogP contribution in [0.25, 0.3) is 0 Å². The SMILES string of the molecule is CC(=O)Nc1ccc(S(=O)(=O)NCC2(C)CCNCC2)cc1.Cl. The minimum absolute atomic E-state index is 0. The zero-order valence-corrected chi connectivity index (χ0v) is 15.0. The minimum Gasteiger partial charge on any atom is -0.326 e. The molecule has 1 fully saturated rings. The van der Waals surface area contributed by atoms with E-state index in [-0.39, 0.29) is 28.6 Å². The number of carbonyl (C=O) groups is 1. The summed E-state index contributed by atoms with van der Waals surface area (Å²) in [5, 5.41) is 5.89. The lowest BCUT2D eigenvalue weighted by atomic mass is 9.81. The molecule has 23 heavy (non-hydrogen) atoms. The first-order valence-corrected chi connectivity index (χ1v) is 8.87. The van der Waals surface area contributed by atoms with Crippen molar-refractivity contribution in [3.8, 4) is 0 Å². The average Bonchev–Trinajstić information content (AvgIpc) is 2.46. The number of piperidine rings is 1. The minimum atomic E-state index is -3.53. The third-order valence-electron chi connectivity index (χ3n) is 3.98. The molecule has 6 nitrogen and oxygen atoms in total. The van der Waals surface area contributed by atoms with Gasteiger partial charge in [0.2, 0.25) is 15.9 Å². The Balaban J connectivity index is 0.00000264. The molecular formula is C15H24ClN3O3S. The summed E-state index contributed by atoms with van der Waals surface area (Å²) in [5.74, 6) is -0.187. The first-order chi connectivity index (χ1) is 10.3. The number of anilines is 1. The van der Waals surface area contributed by atoms with Crippen LogP contribution >= 0.6 is 12.4 Å². The van der Waals surface area contributed by atoms with Gasteiger partial charge in [-0.1, -0.05) is 6.92 Å². The first-order valence-electron chi connectivity index (χ1n) is 7.39. The van der Waals surface area contributed by atoms with Crippen molar-refractivity contribution >= 4 is 34.0 Å². The van der Waals surface area contributed by atoms with E-state index in [1.54, 1.807) is 12.1 Å². The lowest BCUT2D eigenvalue weighted by Crippen LogP contribution is -2.42. The number of benzene rings is 1. The number of rotatable bonds is 5. The van der Waals surface area contributed by atoms with E-state index >= 15 is 0 Å². The number of amides is 1. The standard InChI is InChI=1S/C15H23N3O3S.ClH/c1-12(19)18-13-3-5-14(6-4-13)22(20,21)17-11-15(2)7-9-16-10-8-15;/h3-6,16-17H,7-11H2,1-2H3,(H,18,19);1H. The van der Waals surface area contributed by atoms with E-state index in [1.165, 1.54) is 19.1 Å². The Kier molecular flexibility index (Phi) is 7.01. The first kappa shape index (κ1) is 19.9. The largest absolute Gasteiger partial charge is 0.326 e. The molecule has 0 spiro atoms. The van der Waals surface area contributed by atoms with Crippen LogP contribution in [0.3, 0.4) is 0 Å². The van der Waals surface area contributed by atoms with Crippen molar-refractivity contribution in [2.75, 3.05) is 25.0 Å². The quantitative estimate of drug-likeness (QED) is 0.745. The highest BCUT2D eigenvalue weighted by atomic mass is 35.5. The number of hydrogen-bond acceptors (Lipinski definition) is 4. The molecule has 130 valence electrons. The number of halogens is 1. The average molecular weight is 362 g/mol. The second-order valence-corrected chi connectivity index (χ2v) is 7.86. The maximum Gasteiger partial charge on any atom is 0.240 e. The van der Waals surface area contributed by atoms with Crippen LogP contribution in [0.15, 0.2) is 29.2 Å². The van der Waals surface area contributed by atoms with Crippen LogP contribution in [0.2, 0.25) is 0 Å². The Bertz CT molecular complexity index is 626. The van der Waals surface area contributed by atoms with Crippen LogP contribution in [-0.4, -0.2) is 34.0 Å². The topological polar surface area (TPSA) is 87.3 Å². The summed E-state index contributed by atoms with van der Waals surface area (Å²) in [5.41, 5.74) is 0.575. The summed E-state index contributed by atoms with van der Waals surface area (Å²) >= 11 is 0. The molecule has 0 bridgehead atoms. The van der Waals surface area contributed by atoms with Gasteiger partial charge in [0.25, 0.3) is 0 Å². The summed E-state index contributed by atoms with van der Waals surface area (Å²) in [6.07, 6.45) is 1.91. The summed E-state index contributed by atoms with van der Waals surface area (Å²) < 4.78 is 27.4. The second-order valence-electron chi connectivity index (χ2n) is 6.09. The normalized spacial score (nSPS) is 17.1. The fourth-order valence-electron chi connectivity index (χ4n) is 2.48. The Morgan fingerprint density at radius 1 is 1.22 bits per heavy atom. The smallest absolute Gasteiger partial charge is 0.240 e. The van der Waals surface area contributed by atoms with E-state index in [4.69, 9.17) is 0 Å². The number of nitrogens with one attached hydrogen (secondary N) is 3. The lowest BCUT2D eigenvalue weighted by Gasteiger charge is -2.34. The van der Waals surface area contributed by atoms with Crippen molar-refractivity contribution in [2.24, 2.45) is 5.41 Å². The zero-order valence-electron chi connectivity index (χ0n) is 13.4. The molecule has 8 heteroatoms. The zero-order chi connectivity index (χ0) is 16.2. The molecular weight excluding hydrogens is 338 g/mol. The van der Waals surface area contributed by atoms with Crippen molar-refractivity contribution in [1.29, 1.82) is 0 Å². The fraction of sp³-hybridized carbons (Fsp3) is 0.533. The van der Waals surface area contributed by atoms with E-state index in [0.29, 0.717) is 12.2 Å². The third kappa shape index (κ3) is 5.76. The summed E-state index contributed by atoms with van der Waals surface area (Å²) in [6.45, 7) is 5.79. The maximum absolute atomic E-state index is 12.3. The van der Waals surface area contributed by atoms with Gasteiger partial charge in [-0.2, -0.15) is 0 Å². The molecule has 1 aromatic carbocycles. The molecule has 0 unspecified atom stereocenters. The summed E-state index contributed by atoms with van der Waals surface area (Å²) in [6, 6.07) is 6.17. The number of sulfonamides is 1. The van der Waals surface area contributed by atoms with Gasteiger partial charge < -0.3 is 10.6 Å². The highest BCUT2D eigenvalue weighted by molar-refractivity contribution is 7.89. The molecule has 1 heterocycles. The van der Waals surface area contributed by atoms with Crippen molar-refractivity contribution in [3.05, 3.63) is 24.3 Å². The van der Waals surface area contributed by atoms with Gasteiger partial charge in [0.15, 0.2) is 0 Å². The molecule has 0 aliphatic carbocycles. The molecule has 1 aromatic rings.